The number of anilines is 1. The second-order valence-electron chi connectivity index (χ2n) is 6.50. The van der Waals surface area contributed by atoms with E-state index in [4.69, 9.17) is 4.74 Å². The minimum absolute atomic E-state index is 0.000916. The number of rotatable bonds is 6. The van der Waals surface area contributed by atoms with E-state index in [-0.39, 0.29) is 41.6 Å². The van der Waals surface area contributed by atoms with Gasteiger partial charge in [-0.2, -0.15) is 0 Å². The van der Waals surface area contributed by atoms with E-state index >= 15 is 0 Å². The fourth-order valence-corrected chi connectivity index (χ4v) is 4.93. The van der Waals surface area contributed by atoms with Crippen LogP contribution < -0.4 is 14.8 Å². The SMILES string of the molecule is CN(C)C(CNS(=O)(=O)c1cc2c(cc1Br)NC(=O)CO2)c1ccc(F)cc1. The third-order valence-corrected chi connectivity index (χ3v) is 6.68. The average molecular weight is 472 g/mol. The Hall–Kier alpha value is -2.01. The molecule has 7 nitrogen and oxygen atoms in total. The molecule has 1 amide bonds. The van der Waals surface area contributed by atoms with Gasteiger partial charge in [0.05, 0.1) is 10.6 Å². The summed E-state index contributed by atoms with van der Waals surface area (Å²) >= 11 is 3.24. The number of sulfonamides is 1. The van der Waals surface area contributed by atoms with Gasteiger partial charge in [-0.1, -0.05) is 12.1 Å². The molecular weight excluding hydrogens is 453 g/mol. The minimum Gasteiger partial charge on any atom is -0.482 e. The molecule has 28 heavy (non-hydrogen) atoms. The molecule has 1 heterocycles. The van der Waals surface area contributed by atoms with E-state index in [0.717, 1.165) is 5.56 Å². The van der Waals surface area contributed by atoms with E-state index < -0.39 is 10.0 Å². The Balaban J connectivity index is 1.83. The summed E-state index contributed by atoms with van der Waals surface area (Å²) in [7, 11) is -0.247. The number of fused-ring (bicyclic) bond motifs is 1. The highest BCUT2D eigenvalue weighted by Gasteiger charge is 2.25. The van der Waals surface area contributed by atoms with Gasteiger partial charge in [0, 0.05) is 23.1 Å². The molecule has 3 rings (SSSR count). The number of benzene rings is 2. The van der Waals surface area contributed by atoms with E-state index in [1.54, 1.807) is 12.1 Å². The molecule has 2 aromatic carbocycles. The molecule has 1 aliphatic rings. The lowest BCUT2D eigenvalue weighted by molar-refractivity contribution is -0.118. The monoisotopic (exact) mass is 471 g/mol. The van der Waals surface area contributed by atoms with Crippen molar-refractivity contribution in [2.75, 3.05) is 32.6 Å². The number of halogens is 2. The maximum atomic E-state index is 13.2. The normalized spacial score (nSPS) is 15.0. The maximum absolute atomic E-state index is 13.2. The van der Waals surface area contributed by atoms with Gasteiger partial charge >= 0.3 is 0 Å². The number of likely N-dealkylation sites (N-methyl/N-ethyl adjacent to an activating group) is 1. The second kappa shape index (κ2) is 8.16. The summed E-state index contributed by atoms with van der Waals surface area (Å²) in [6.07, 6.45) is 0. The smallest absolute Gasteiger partial charge is 0.262 e. The first-order valence-electron chi connectivity index (χ1n) is 8.35. The third-order valence-electron chi connectivity index (χ3n) is 4.30. The first-order chi connectivity index (χ1) is 13.2. The first-order valence-corrected chi connectivity index (χ1v) is 10.6. The molecule has 10 heteroatoms. The molecule has 0 saturated carbocycles. The van der Waals surface area contributed by atoms with Gasteiger partial charge < -0.3 is 15.0 Å². The average Bonchev–Trinajstić information content (AvgIpc) is 2.62. The molecule has 2 aromatic rings. The van der Waals surface area contributed by atoms with Crippen LogP contribution in [0.2, 0.25) is 0 Å². The molecule has 0 fully saturated rings. The Labute approximate surface area is 171 Å². The van der Waals surface area contributed by atoms with Crippen LogP contribution in [-0.4, -0.2) is 46.5 Å². The van der Waals surface area contributed by atoms with Crippen molar-refractivity contribution in [1.82, 2.24) is 9.62 Å². The van der Waals surface area contributed by atoms with E-state index in [9.17, 15) is 17.6 Å². The van der Waals surface area contributed by atoms with Gasteiger partial charge in [-0.15, -0.1) is 0 Å². The van der Waals surface area contributed by atoms with Crippen molar-refractivity contribution in [3.05, 3.63) is 52.3 Å². The van der Waals surface area contributed by atoms with E-state index in [1.165, 1.54) is 24.3 Å². The van der Waals surface area contributed by atoms with Crippen molar-refractivity contribution < 1.29 is 22.3 Å². The van der Waals surface area contributed by atoms with Crippen LogP contribution in [0.25, 0.3) is 0 Å². The Kier molecular flexibility index (Phi) is 6.04. The number of nitrogens with zero attached hydrogens (tertiary/aromatic N) is 1. The van der Waals surface area contributed by atoms with Crippen molar-refractivity contribution in [3.63, 3.8) is 0 Å². The zero-order valence-electron chi connectivity index (χ0n) is 15.2. The number of hydrogen-bond acceptors (Lipinski definition) is 5. The van der Waals surface area contributed by atoms with Crippen LogP contribution in [0.5, 0.6) is 5.75 Å². The standard InChI is InChI=1S/C18H19BrFN3O4S/c1-23(2)15(11-3-5-12(20)6-4-11)9-21-28(25,26)17-8-16-14(7-13(17)19)22-18(24)10-27-16/h3-8,15,21H,9-10H2,1-2H3,(H,22,24). The third kappa shape index (κ3) is 4.52. The Bertz CT molecular complexity index is 997. The summed E-state index contributed by atoms with van der Waals surface area (Å²) < 4.78 is 47.1. The summed E-state index contributed by atoms with van der Waals surface area (Å²) in [5, 5.41) is 2.62. The van der Waals surface area contributed by atoms with Gasteiger partial charge in [-0.25, -0.2) is 17.5 Å². The highest BCUT2D eigenvalue weighted by Crippen LogP contribution is 2.35. The topological polar surface area (TPSA) is 87.7 Å². The molecule has 0 aromatic heterocycles. The minimum atomic E-state index is -3.87. The molecule has 0 spiro atoms. The zero-order valence-corrected chi connectivity index (χ0v) is 17.6. The number of carbonyl (C=O) groups excluding carboxylic acids is 1. The number of nitrogens with one attached hydrogen (secondary N) is 2. The molecule has 0 aliphatic carbocycles. The van der Waals surface area contributed by atoms with Gasteiger partial charge in [-0.05, 0) is 53.8 Å². The molecule has 0 bridgehead atoms. The predicted octanol–water partition coefficient (Wildman–Crippen LogP) is 2.50. The molecule has 1 atom stereocenters. The van der Waals surface area contributed by atoms with Crippen molar-refractivity contribution >= 4 is 37.5 Å². The molecule has 150 valence electrons. The zero-order chi connectivity index (χ0) is 20.5. The predicted molar refractivity (Wildman–Crippen MR) is 106 cm³/mol. The molecule has 2 N–H and O–H groups in total. The van der Waals surface area contributed by atoms with Crippen LogP contribution in [-0.2, 0) is 14.8 Å². The Morgan fingerprint density at radius 3 is 2.61 bits per heavy atom. The Morgan fingerprint density at radius 2 is 1.96 bits per heavy atom. The summed E-state index contributed by atoms with van der Waals surface area (Å²) in [5.74, 6) is -0.376. The summed E-state index contributed by atoms with van der Waals surface area (Å²) in [5.41, 5.74) is 1.18. The largest absolute Gasteiger partial charge is 0.482 e. The summed E-state index contributed by atoms with van der Waals surface area (Å²) in [6.45, 7) is -0.0864. The first kappa shape index (κ1) is 20.7. The van der Waals surface area contributed by atoms with Gasteiger partial charge in [-0.3, -0.25) is 4.79 Å². The lowest BCUT2D eigenvalue weighted by atomic mass is 10.1. The van der Waals surface area contributed by atoms with Gasteiger partial charge in [0.25, 0.3) is 5.91 Å². The van der Waals surface area contributed by atoms with Crippen LogP contribution >= 0.6 is 15.9 Å². The van der Waals surface area contributed by atoms with E-state index in [2.05, 4.69) is 26.0 Å². The number of ether oxygens (including phenoxy) is 1. The van der Waals surface area contributed by atoms with Crippen molar-refractivity contribution in [3.8, 4) is 5.75 Å². The maximum Gasteiger partial charge on any atom is 0.262 e. The lowest BCUT2D eigenvalue weighted by Crippen LogP contribution is -2.35. The van der Waals surface area contributed by atoms with Crippen molar-refractivity contribution in [2.24, 2.45) is 0 Å². The quantitative estimate of drug-likeness (QED) is 0.675. The summed E-state index contributed by atoms with van der Waals surface area (Å²) in [6, 6.07) is 8.49. The highest BCUT2D eigenvalue weighted by molar-refractivity contribution is 9.10. The van der Waals surface area contributed by atoms with E-state index in [1.807, 2.05) is 19.0 Å². The second-order valence-corrected chi connectivity index (χ2v) is 9.09. The fraction of sp³-hybridized carbons (Fsp3) is 0.278. The lowest BCUT2D eigenvalue weighted by Gasteiger charge is -2.25. The van der Waals surface area contributed by atoms with Crippen LogP contribution in [0.1, 0.15) is 11.6 Å². The molecule has 0 saturated heterocycles. The van der Waals surface area contributed by atoms with Crippen molar-refractivity contribution in [2.45, 2.75) is 10.9 Å². The van der Waals surface area contributed by atoms with Crippen LogP contribution in [0.3, 0.4) is 0 Å². The Morgan fingerprint density at radius 1 is 1.29 bits per heavy atom. The van der Waals surface area contributed by atoms with Gasteiger partial charge in [0.15, 0.2) is 6.61 Å². The van der Waals surface area contributed by atoms with Gasteiger partial charge in [0.1, 0.15) is 11.6 Å². The van der Waals surface area contributed by atoms with Gasteiger partial charge in [0.2, 0.25) is 10.0 Å². The highest BCUT2D eigenvalue weighted by atomic mass is 79.9. The number of carbonyl (C=O) groups is 1. The van der Waals surface area contributed by atoms with Crippen LogP contribution in [0.15, 0.2) is 45.8 Å². The summed E-state index contributed by atoms with van der Waals surface area (Å²) in [4.78, 5) is 13.2. The van der Waals surface area contributed by atoms with E-state index in [0.29, 0.717) is 10.2 Å². The van der Waals surface area contributed by atoms with Crippen LogP contribution in [0.4, 0.5) is 10.1 Å². The van der Waals surface area contributed by atoms with Crippen LogP contribution in [0, 0.1) is 5.82 Å². The van der Waals surface area contributed by atoms with Crippen molar-refractivity contribution in [1.29, 1.82) is 0 Å². The molecule has 1 unspecified atom stereocenters. The molecule has 1 aliphatic heterocycles. The fourth-order valence-electron chi connectivity index (χ4n) is 2.84. The molecular formula is C18H19BrFN3O4S. The number of hydrogen-bond donors (Lipinski definition) is 2. The number of amides is 1. The molecule has 0 radical (unpaired) electrons.